The largest absolute Gasteiger partial charge is 0.541 e. The molecule has 0 heterocycles. The van der Waals surface area contributed by atoms with Gasteiger partial charge >= 0.3 is 0 Å². The summed E-state index contributed by atoms with van der Waals surface area (Å²) in [6, 6.07) is 7.24. The molecule has 0 atom stereocenters. The number of aromatic hydroxyl groups is 1. The Kier molecular flexibility index (Phi) is 7.13. The monoisotopic (exact) mass is 430 g/mol. The van der Waals surface area contributed by atoms with Gasteiger partial charge in [0.15, 0.2) is 23.0 Å². The highest BCUT2D eigenvalue weighted by atomic mass is 28.4. The zero-order valence-corrected chi connectivity index (χ0v) is 20.5. The van der Waals surface area contributed by atoms with Gasteiger partial charge in [-0.3, -0.25) is 0 Å². The van der Waals surface area contributed by atoms with E-state index in [2.05, 4.69) is 33.9 Å². The number of ether oxygens (including phenoxy) is 3. The first-order valence-corrected chi connectivity index (χ1v) is 12.9. The lowest BCUT2D eigenvalue weighted by Gasteiger charge is -2.37. The van der Waals surface area contributed by atoms with E-state index in [0.717, 1.165) is 16.7 Å². The van der Waals surface area contributed by atoms with E-state index in [-0.39, 0.29) is 10.8 Å². The minimum atomic E-state index is -2.14. The number of hydrogen-bond acceptors (Lipinski definition) is 5. The number of phenolic OH excluding ortho intramolecular Hbond substituents is 1. The van der Waals surface area contributed by atoms with Crippen molar-refractivity contribution in [2.45, 2.75) is 45.8 Å². The van der Waals surface area contributed by atoms with Crippen molar-refractivity contribution in [1.82, 2.24) is 0 Å². The minimum Gasteiger partial charge on any atom is -0.541 e. The van der Waals surface area contributed by atoms with E-state index in [1.807, 2.05) is 31.2 Å². The van der Waals surface area contributed by atoms with Crippen molar-refractivity contribution < 1.29 is 23.7 Å². The predicted molar refractivity (Wildman–Crippen MR) is 126 cm³/mol. The van der Waals surface area contributed by atoms with Gasteiger partial charge in [-0.15, -0.1) is 0 Å². The maximum atomic E-state index is 10.1. The van der Waals surface area contributed by atoms with Crippen LogP contribution in [0.25, 0.3) is 12.2 Å². The van der Waals surface area contributed by atoms with Crippen LogP contribution in [0.15, 0.2) is 24.3 Å². The Hall–Kier alpha value is -2.60. The zero-order chi connectivity index (χ0) is 22.7. The second-order valence-corrected chi connectivity index (χ2v) is 13.5. The Morgan fingerprint density at radius 2 is 1.50 bits per heavy atom. The summed E-state index contributed by atoms with van der Waals surface area (Å²) in [5.41, 5.74) is 2.78. The molecule has 0 aliphatic rings. The molecule has 30 heavy (non-hydrogen) atoms. The molecule has 0 radical (unpaired) electrons. The molecular weight excluding hydrogens is 396 g/mol. The molecule has 0 fully saturated rings. The average Bonchev–Trinajstić information content (AvgIpc) is 2.66. The van der Waals surface area contributed by atoms with Crippen molar-refractivity contribution in [2.75, 3.05) is 21.3 Å². The van der Waals surface area contributed by atoms with E-state index in [1.54, 1.807) is 26.4 Å². The number of benzene rings is 2. The van der Waals surface area contributed by atoms with Crippen molar-refractivity contribution in [1.29, 1.82) is 0 Å². The van der Waals surface area contributed by atoms with Gasteiger partial charge in [-0.05, 0) is 54.4 Å². The fourth-order valence-corrected chi connectivity index (χ4v) is 3.82. The fraction of sp³-hybridized carbons (Fsp3) is 0.417. The molecule has 0 bridgehead atoms. The van der Waals surface area contributed by atoms with Crippen LogP contribution in [0.1, 0.15) is 37.5 Å². The summed E-state index contributed by atoms with van der Waals surface area (Å²) in [4.78, 5) is 0. The van der Waals surface area contributed by atoms with Gasteiger partial charge in [0.05, 0.1) is 21.3 Å². The summed E-state index contributed by atoms with van der Waals surface area (Å²) in [5.74, 6) is 2.46. The first-order valence-electron chi connectivity index (χ1n) is 9.95. The summed E-state index contributed by atoms with van der Waals surface area (Å²) in [5, 5.41) is 10.1. The van der Waals surface area contributed by atoms with E-state index >= 15 is 0 Å². The normalized spacial score (nSPS) is 12.2. The van der Waals surface area contributed by atoms with Crippen LogP contribution in [0.4, 0.5) is 0 Å². The Morgan fingerprint density at radius 3 is 2.00 bits per heavy atom. The lowest BCUT2D eigenvalue weighted by Crippen LogP contribution is -2.44. The average molecular weight is 431 g/mol. The molecule has 0 aliphatic carbocycles. The van der Waals surface area contributed by atoms with Crippen LogP contribution < -0.4 is 18.6 Å². The number of phenols is 1. The van der Waals surface area contributed by atoms with Gasteiger partial charge in [0.1, 0.15) is 0 Å². The van der Waals surface area contributed by atoms with Crippen molar-refractivity contribution in [3.05, 3.63) is 41.0 Å². The summed E-state index contributed by atoms with van der Waals surface area (Å²) in [6.07, 6.45) is 3.92. The van der Waals surface area contributed by atoms with Crippen LogP contribution >= 0.6 is 0 Å². The molecule has 2 aromatic rings. The third-order valence-electron chi connectivity index (χ3n) is 5.68. The van der Waals surface area contributed by atoms with Crippen LogP contribution in [0.2, 0.25) is 18.1 Å². The van der Waals surface area contributed by atoms with Crippen LogP contribution in [0.3, 0.4) is 0 Å². The highest BCUT2D eigenvalue weighted by Gasteiger charge is 2.40. The molecule has 0 saturated carbocycles. The zero-order valence-electron chi connectivity index (χ0n) is 19.5. The van der Waals surface area contributed by atoms with E-state index in [0.29, 0.717) is 23.0 Å². The predicted octanol–water partition coefficient (Wildman–Crippen LogP) is 6.28. The van der Waals surface area contributed by atoms with Gasteiger partial charge in [-0.25, -0.2) is 0 Å². The number of rotatable bonds is 7. The SMILES string of the molecule is COc1ccc(/C=C\c2c(C)cc(OC)c(OC)c2O[Si](C)(C)C(C)(C)C)cc1O. The molecule has 5 nitrogen and oxygen atoms in total. The molecule has 2 aromatic carbocycles. The second kappa shape index (κ2) is 9.04. The highest BCUT2D eigenvalue weighted by Crippen LogP contribution is 2.47. The Balaban J connectivity index is 2.61. The van der Waals surface area contributed by atoms with E-state index in [9.17, 15) is 5.11 Å². The van der Waals surface area contributed by atoms with Gasteiger partial charge in [0.25, 0.3) is 8.32 Å². The topological polar surface area (TPSA) is 57.2 Å². The number of aryl methyl sites for hydroxylation is 1. The molecule has 1 N–H and O–H groups in total. The lowest BCUT2D eigenvalue weighted by atomic mass is 10.0. The first kappa shape index (κ1) is 23.7. The molecule has 0 aromatic heterocycles. The van der Waals surface area contributed by atoms with Crippen LogP contribution in [0.5, 0.6) is 28.7 Å². The van der Waals surface area contributed by atoms with Crippen LogP contribution in [0, 0.1) is 6.92 Å². The molecule has 6 heteroatoms. The van der Waals surface area contributed by atoms with Gasteiger partial charge in [-0.1, -0.05) is 39.0 Å². The minimum absolute atomic E-state index is 0.0255. The van der Waals surface area contributed by atoms with Gasteiger partial charge < -0.3 is 23.7 Å². The lowest BCUT2D eigenvalue weighted by molar-refractivity contribution is 0.339. The maximum absolute atomic E-state index is 10.1. The van der Waals surface area contributed by atoms with Crippen LogP contribution in [-0.2, 0) is 0 Å². The Labute approximate surface area is 181 Å². The molecule has 0 unspecified atom stereocenters. The molecule has 0 aliphatic heterocycles. The quantitative estimate of drug-likeness (QED) is 0.414. The summed E-state index contributed by atoms with van der Waals surface area (Å²) in [6.45, 7) is 13.0. The maximum Gasteiger partial charge on any atom is 0.250 e. The third kappa shape index (κ3) is 4.93. The van der Waals surface area contributed by atoms with E-state index in [4.69, 9.17) is 18.6 Å². The van der Waals surface area contributed by atoms with E-state index in [1.165, 1.54) is 7.11 Å². The van der Waals surface area contributed by atoms with Crippen LogP contribution in [-0.4, -0.2) is 34.8 Å². The number of hydrogen-bond donors (Lipinski definition) is 1. The van der Waals surface area contributed by atoms with Crippen molar-refractivity contribution in [3.8, 4) is 28.7 Å². The highest BCUT2D eigenvalue weighted by molar-refractivity contribution is 6.74. The van der Waals surface area contributed by atoms with Crippen molar-refractivity contribution in [3.63, 3.8) is 0 Å². The smallest absolute Gasteiger partial charge is 0.250 e. The standard InChI is InChI=1S/C24H34O5Si/c1-16-14-21(27-6)23(28-7)22(29-30(8,9)24(2,3)4)18(16)12-10-17-11-13-20(26-5)19(25)15-17/h10-15,25H,1-9H3/b12-10-. The van der Waals surface area contributed by atoms with E-state index < -0.39 is 8.32 Å². The van der Waals surface area contributed by atoms with Crippen molar-refractivity contribution in [2.24, 2.45) is 0 Å². The molecular formula is C24H34O5Si. The Bertz CT molecular complexity index is 926. The fourth-order valence-electron chi connectivity index (χ4n) is 2.81. The Morgan fingerprint density at radius 1 is 0.867 bits per heavy atom. The second-order valence-electron chi connectivity index (χ2n) is 8.80. The molecule has 0 amide bonds. The third-order valence-corrected chi connectivity index (χ3v) is 10.0. The molecule has 0 saturated heterocycles. The number of methoxy groups -OCH3 is 3. The summed E-state index contributed by atoms with van der Waals surface area (Å²) in [7, 11) is 2.64. The molecule has 2 rings (SSSR count). The molecule has 0 spiro atoms. The summed E-state index contributed by atoms with van der Waals surface area (Å²) < 4.78 is 23.1. The summed E-state index contributed by atoms with van der Waals surface area (Å²) >= 11 is 0. The molecule has 164 valence electrons. The van der Waals surface area contributed by atoms with Gasteiger partial charge in [-0.2, -0.15) is 0 Å². The first-order chi connectivity index (χ1) is 13.9. The van der Waals surface area contributed by atoms with Gasteiger partial charge in [0, 0.05) is 5.56 Å². The van der Waals surface area contributed by atoms with Crippen molar-refractivity contribution >= 4 is 20.5 Å². The van der Waals surface area contributed by atoms with Gasteiger partial charge in [0.2, 0.25) is 5.75 Å².